The van der Waals surface area contributed by atoms with E-state index in [-0.39, 0.29) is 17.8 Å². The lowest BCUT2D eigenvalue weighted by atomic mass is 9.78. The molecule has 2 N–H and O–H groups in total. The Morgan fingerprint density at radius 1 is 1.37 bits per heavy atom. The predicted octanol–water partition coefficient (Wildman–Crippen LogP) is 3.00. The molecule has 0 spiro atoms. The van der Waals surface area contributed by atoms with E-state index in [9.17, 15) is 4.39 Å². The molecule has 2 rings (SSSR count). The fourth-order valence-corrected chi connectivity index (χ4v) is 3.10. The lowest BCUT2D eigenvalue weighted by Crippen LogP contribution is -2.40. The van der Waals surface area contributed by atoms with Crippen LogP contribution in [0.15, 0.2) is 24.3 Å². The van der Waals surface area contributed by atoms with Gasteiger partial charge in [-0.15, -0.1) is 0 Å². The first kappa shape index (κ1) is 14.5. The number of halogens is 1. The van der Waals surface area contributed by atoms with Crippen LogP contribution in [0.25, 0.3) is 0 Å². The van der Waals surface area contributed by atoms with Gasteiger partial charge in [-0.2, -0.15) is 0 Å². The number of aliphatic hydroxyl groups is 1. The fraction of sp³-hybridized carbons (Fsp3) is 0.625. The Hall–Kier alpha value is -0.930. The molecule has 1 aliphatic rings. The Kier molecular flexibility index (Phi) is 4.94. The van der Waals surface area contributed by atoms with Gasteiger partial charge in [0.25, 0.3) is 0 Å². The molecule has 1 aromatic rings. The molecule has 0 aromatic heterocycles. The topological polar surface area (TPSA) is 32.3 Å². The SMILES string of the molecule is CC(CCO)NCC1(c2cccc(F)c2)CCCC1. The number of nitrogens with one attached hydrogen (secondary N) is 1. The van der Waals surface area contributed by atoms with E-state index in [0.717, 1.165) is 31.4 Å². The Bertz CT molecular complexity index is 401. The van der Waals surface area contributed by atoms with Gasteiger partial charge in [-0.1, -0.05) is 25.0 Å². The highest BCUT2D eigenvalue weighted by Crippen LogP contribution is 2.40. The van der Waals surface area contributed by atoms with Gasteiger partial charge >= 0.3 is 0 Å². The molecule has 0 heterocycles. The van der Waals surface area contributed by atoms with E-state index in [2.05, 4.69) is 12.2 Å². The van der Waals surface area contributed by atoms with Crippen molar-refractivity contribution in [3.8, 4) is 0 Å². The molecule has 1 unspecified atom stereocenters. The van der Waals surface area contributed by atoms with Gasteiger partial charge in [-0.3, -0.25) is 0 Å². The first-order chi connectivity index (χ1) is 9.16. The number of hydrogen-bond donors (Lipinski definition) is 2. The predicted molar refractivity (Wildman–Crippen MR) is 75.7 cm³/mol. The van der Waals surface area contributed by atoms with Crippen LogP contribution in [0.1, 0.15) is 44.6 Å². The molecular formula is C16H24FNO. The largest absolute Gasteiger partial charge is 0.396 e. The lowest BCUT2D eigenvalue weighted by molar-refractivity contribution is 0.262. The second-order valence-electron chi connectivity index (χ2n) is 5.79. The zero-order chi connectivity index (χ0) is 13.7. The normalized spacial score (nSPS) is 19.5. The lowest BCUT2D eigenvalue weighted by Gasteiger charge is -2.31. The van der Waals surface area contributed by atoms with Gasteiger partial charge < -0.3 is 10.4 Å². The Morgan fingerprint density at radius 2 is 2.11 bits per heavy atom. The minimum atomic E-state index is -0.146. The van der Waals surface area contributed by atoms with E-state index in [1.54, 1.807) is 6.07 Å². The van der Waals surface area contributed by atoms with Crippen molar-refractivity contribution in [3.63, 3.8) is 0 Å². The van der Waals surface area contributed by atoms with Crippen LogP contribution in [-0.4, -0.2) is 24.3 Å². The summed E-state index contributed by atoms with van der Waals surface area (Å²) in [5.74, 6) is -0.146. The summed E-state index contributed by atoms with van der Waals surface area (Å²) in [4.78, 5) is 0. The summed E-state index contributed by atoms with van der Waals surface area (Å²) < 4.78 is 13.5. The van der Waals surface area contributed by atoms with Crippen LogP contribution in [0.3, 0.4) is 0 Å². The average Bonchev–Trinajstić information content (AvgIpc) is 2.87. The van der Waals surface area contributed by atoms with Crippen molar-refractivity contribution in [1.82, 2.24) is 5.32 Å². The van der Waals surface area contributed by atoms with Crippen molar-refractivity contribution in [1.29, 1.82) is 0 Å². The van der Waals surface area contributed by atoms with Gasteiger partial charge in [-0.05, 0) is 43.9 Å². The minimum Gasteiger partial charge on any atom is -0.396 e. The van der Waals surface area contributed by atoms with Gasteiger partial charge in [0, 0.05) is 24.6 Å². The highest BCUT2D eigenvalue weighted by Gasteiger charge is 2.35. The third-order valence-corrected chi connectivity index (χ3v) is 4.35. The quantitative estimate of drug-likeness (QED) is 0.828. The van der Waals surface area contributed by atoms with E-state index in [1.165, 1.54) is 18.9 Å². The molecule has 1 aliphatic carbocycles. The zero-order valence-electron chi connectivity index (χ0n) is 11.7. The third-order valence-electron chi connectivity index (χ3n) is 4.35. The highest BCUT2D eigenvalue weighted by molar-refractivity contribution is 5.28. The van der Waals surface area contributed by atoms with E-state index in [1.807, 2.05) is 12.1 Å². The molecule has 1 fully saturated rings. The zero-order valence-corrected chi connectivity index (χ0v) is 11.7. The van der Waals surface area contributed by atoms with E-state index >= 15 is 0 Å². The summed E-state index contributed by atoms with van der Waals surface area (Å²) in [6.07, 6.45) is 5.43. The molecule has 0 saturated heterocycles. The third kappa shape index (κ3) is 3.54. The van der Waals surface area contributed by atoms with E-state index in [0.29, 0.717) is 6.04 Å². The van der Waals surface area contributed by atoms with Gasteiger partial charge in [0.1, 0.15) is 5.82 Å². The van der Waals surface area contributed by atoms with Crippen LogP contribution >= 0.6 is 0 Å². The maximum Gasteiger partial charge on any atom is 0.123 e. The Balaban J connectivity index is 2.09. The number of benzene rings is 1. The van der Waals surface area contributed by atoms with Crippen molar-refractivity contribution in [3.05, 3.63) is 35.6 Å². The molecule has 1 atom stereocenters. The van der Waals surface area contributed by atoms with Gasteiger partial charge in [0.05, 0.1) is 0 Å². The Morgan fingerprint density at radius 3 is 2.74 bits per heavy atom. The van der Waals surface area contributed by atoms with Crippen molar-refractivity contribution in [2.45, 2.75) is 50.5 Å². The number of aliphatic hydroxyl groups excluding tert-OH is 1. The Labute approximate surface area is 115 Å². The van der Waals surface area contributed by atoms with Crippen molar-refractivity contribution in [2.75, 3.05) is 13.2 Å². The van der Waals surface area contributed by atoms with Crippen LogP contribution in [0, 0.1) is 5.82 Å². The number of hydrogen-bond acceptors (Lipinski definition) is 2. The summed E-state index contributed by atoms with van der Waals surface area (Å²) in [6.45, 7) is 3.17. The maximum absolute atomic E-state index is 13.5. The monoisotopic (exact) mass is 265 g/mol. The smallest absolute Gasteiger partial charge is 0.123 e. The second-order valence-corrected chi connectivity index (χ2v) is 5.79. The summed E-state index contributed by atoms with van der Waals surface area (Å²) in [7, 11) is 0. The number of rotatable bonds is 6. The van der Waals surface area contributed by atoms with Crippen LogP contribution in [0.5, 0.6) is 0 Å². The minimum absolute atomic E-state index is 0.0752. The van der Waals surface area contributed by atoms with Crippen LogP contribution in [0.4, 0.5) is 4.39 Å². The molecule has 1 saturated carbocycles. The molecular weight excluding hydrogens is 241 g/mol. The molecule has 0 aliphatic heterocycles. The molecule has 0 bridgehead atoms. The summed E-state index contributed by atoms with van der Waals surface area (Å²) >= 11 is 0. The summed E-state index contributed by atoms with van der Waals surface area (Å²) in [6, 6.07) is 7.35. The molecule has 0 amide bonds. The average molecular weight is 265 g/mol. The molecule has 106 valence electrons. The summed E-state index contributed by atoms with van der Waals surface area (Å²) in [5.41, 5.74) is 1.19. The van der Waals surface area contributed by atoms with E-state index < -0.39 is 0 Å². The molecule has 19 heavy (non-hydrogen) atoms. The molecule has 2 nitrogen and oxygen atoms in total. The van der Waals surface area contributed by atoms with Gasteiger partial charge in [0.2, 0.25) is 0 Å². The molecule has 3 heteroatoms. The van der Waals surface area contributed by atoms with Gasteiger partial charge in [-0.25, -0.2) is 4.39 Å². The van der Waals surface area contributed by atoms with Crippen molar-refractivity contribution < 1.29 is 9.50 Å². The van der Waals surface area contributed by atoms with Crippen LogP contribution in [-0.2, 0) is 5.41 Å². The second kappa shape index (κ2) is 6.49. The van der Waals surface area contributed by atoms with Crippen molar-refractivity contribution >= 4 is 0 Å². The maximum atomic E-state index is 13.5. The van der Waals surface area contributed by atoms with Crippen LogP contribution in [0.2, 0.25) is 0 Å². The van der Waals surface area contributed by atoms with E-state index in [4.69, 9.17) is 5.11 Å². The summed E-state index contributed by atoms with van der Waals surface area (Å²) in [5, 5.41) is 12.5. The van der Waals surface area contributed by atoms with Crippen LogP contribution < -0.4 is 5.32 Å². The van der Waals surface area contributed by atoms with Gasteiger partial charge in [0.15, 0.2) is 0 Å². The van der Waals surface area contributed by atoms with Crippen molar-refractivity contribution in [2.24, 2.45) is 0 Å². The first-order valence-electron chi connectivity index (χ1n) is 7.27. The standard InChI is InChI=1S/C16H24FNO/c1-13(7-10-19)18-12-16(8-2-3-9-16)14-5-4-6-15(17)11-14/h4-6,11,13,18-19H,2-3,7-10,12H2,1H3. The first-order valence-corrected chi connectivity index (χ1v) is 7.27. The molecule has 1 aromatic carbocycles. The molecule has 0 radical (unpaired) electrons. The fourth-order valence-electron chi connectivity index (χ4n) is 3.10. The highest BCUT2D eigenvalue weighted by atomic mass is 19.1.